The SMILES string of the molecule is Cc1cc(CNC(=O)C(c2ccccc2)c2ccccc2)ncn1. The highest BCUT2D eigenvalue weighted by Gasteiger charge is 2.22. The highest BCUT2D eigenvalue weighted by molar-refractivity contribution is 5.87. The average molecular weight is 317 g/mol. The molecule has 3 rings (SSSR count). The van der Waals surface area contributed by atoms with Gasteiger partial charge in [0.1, 0.15) is 6.33 Å². The van der Waals surface area contributed by atoms with Gasteiger partial charge in [0.25, 0.3) is 0 Å². The fourth-order valence-corrected chi connectivity index (χ4v) is 2.67. The van der Waals surface area contributed by atoms with Crippen molar-refractivity contribution >= 4 is 5.91 Å². The lowest BCUT2D eigenvalue weighted by molar-refractivity contribution is -0.121. The molecule has 4 heteroatoms. The van der Waals surface area contributed by atoms with Crippen molar-refractivity contribution in [2.45, 2.75) is 19.4 Å². The zero-order valence-corrected chi connectivity index (χ0v) is 13.5. The third-order valence-corrected chi connectivity index (χ3v) is 3.83. The smallest absolute Gasteiger partial charge is 0.232 e. The van der Waals surface area contributed by atoms with E-state index in [-0.39, 0.29) is 11.8 Å². The summed E-state index contributed by atoms with van der Waals surface area (Å²) in [5, 5.41) is 2.99. The summed E-state index contributed by atoms with van der Waals surface area (Å²) >= 11 is 0. The Morgan fingerprint density at radius 3 is 2.08 bits per heavy atom. The van der Waals surface area contributed by atoms with Gasteiger partial charge >= 0.3 is 0 Å². The first-order chi connectivity index (χ1) is 11.7. The second-order valence-corrected chi connectivity index (χ2v) is 5.62. The molecular formula is C20H19N3O. The van der Waals surface area contributed by atoms with Crippen LogP contribution in [0, 0.1) is 6.92 Å². The second kappa shape index (κ2) is 7.51. The highest BCUT2D eigenvalue weighted by Crippen LogP contribution is 2.24. The third kappa shape index (κ3) is 3.84. The first kappa shape index (κ1) is 15.9. The zero-order valence-electron chi connectivity index (χ0n) is 13.5. The van der Waals surface area contributed by atoms with E-state index < -0.39 is 0 Å². The molecule has 1 aromatic heterocycles. The Hall–Kier alpha value is -3.01. The van der Waals surface area contributed by atoms with Crippen LogP contribution in [-0.4, -0.2) is 15.9 Å². The van der Waals surface area contributed by atoms with Crippen LogP contribution in [0.15, 0.2) is 73.1 Å². The van der Waals surface area contributed by atoms with E-state index in [4.69, 9.17) is 0 Å². The molecule has 1 N–H and O–H groups in total. The Balaban J connectivity index is 1.82. The summed E-state index contributed by atoms with van der Waals surface area (Å²) in [7, 11) is 0. The van der Waals surface area contributed by atoms with Crippen molar-refractivity contribution in [1.29, 1.82) is 0 Å². The van der Waals surface area contributed by atoms with Crippen LogP contribution < -0.4 is 5.32 Å². The maximum absolute atomic E-state index is 12.8. The van der Waals surface area contributed by atoms with Crippen molar-refractivity contribution in [2.75, 3.05) is 0 Å². The molecule has 0 atom stereocenters. The standard InChI is InChI=1S/C20H19N3O/c1-15-12-18(23-14-22-15)13-21-20(24)19(16-8-4-2-5-9-16)17-10-6-3-7-11-17/h2-12,14,19H,13H2,1H3,(H,21,24). The molecule has 0 aliphatic carbocycles. The molecule has 0 aliphatic heterocycles. The van der Waals surface area contributed by atoms with Crippen molar-refractivity contribution in [3.05, 3.63) is 95.6 Å². The minimum atomic E-state index is -0.338. The first-order valence-corrected chi connectivity index (χ1v) is 7.89. The van der Waals surface area contributed by atoms with E-state index in [1.807, 2.05) is 73.7 Å². The molecule has 0 unspecified atom stereocenters. The number of carbonyl (C=O) groups is 1. The average Bonchev–Trinajstić information content (AvgIpc) is 2.62. The van der Waals surface area contributed by atoms with Crippen LogP contribution in [0.25, 0.3) is 0 Å². The summed E-state index contributed by atoms with van der Waals surface area (Å²) in [6.45, 7) is 2.29. The number of aromatic nitrogens is 2. The summed E-state index contributed by atoms with van der Waals surface area (Å²) < 4.78 is 0. The lowest BCUT2D eigenvalue weighted by Crippen LogP contribution is -2.30. The number of rotatable bonds is 5. The molecule has 2 aromatic carbocycles. The fraction of sp³-hybridized carbons (Fsp3) is 0.150. The topological polar surface area (TPSA) is 54.9 Å². The van der Waals surface area contributed by atoms with Gasteiger partial charge in [0.15, 0.2) is 0 Å². The highest BCUT2D eigenvalue weighted by atomic mass is 16.1. The van der Waals surface area contributed by atoms with Crippen molar-refractivity contribution < 1.29 is 4.79 Å². The molecule has 24 heavy (non-hydrogen) atoms. The molecule has 1 amide bonds. The Morgan fingerprint density at radius 1 is 0.958 bits per heavy atom. The van der Waals surface area contributed by atoms with Gasteiger partial charge in [0, 0.05) is 5.69 Å². The summed E-state index contributed by atoms with van der Waals surface area (Å²) in [6, 6.07) is 21.5. The number of nitrogens with zero attached hydrogens (tertiary/aromatic N) is 2. The number of benzene rings is 2. The molecule has 0 spiro atoms. The molecule has 3 aromatic rings. The van der Waals surface area contributed by atoms with Crippen LogP contribution in [0.1, 0.15) is 28.4 Å². The van der Waals surface area contributed by atoms with E-state index in [0.717, 1.165) is 22.5 Å². The van der Waals surface area contributed by atoms with Crippen LogP contribution in [-0.2, 0) is 11.3 Å². The van der Waals surface area contributed by atoms with Gasteiger partial charge in [0.2, 0.25) is 5.91 Å². The maximum Gasteiger partial charge on any atom is 0.232 e. The number of carbonyl (C=O) groups excluding carboxylic acids is 1. The van der Waals surface area contributed by atoms with E-state index in [1.165, 1.54) is 6.33 Å². The largest absolute Gasteiger partial charge is 0.350 e. The lowest BCUT2D eigenvalue weighted by atomic mass is 9.90. The third-order valence-electron chi connectivity index (χ3n) is 3.83. The fourth-order valence-electron chi connectivity index (χ4n) is 2.67. The van der Waals surface area contributed by atoms with Crippen molar-refractivity contribution in [3.8, 4) is 0 Å². The van der Waals surface area contributed by atoms with E-state index in [2.05, 4.69) is 15.3 Å². The van der Waals surface area contributed by atoms with Crippen LogP contribution in [0.2, 0.25) is 0 Å². The van der Waals surface area contributed by atoms with E-state index in [1.54, 1.807) is 0 Å². The van der Waals surface area contributed by atoms with Gasteiger partial charge < -0.3 is 5.32 Å². The molecule has 1 heterocycles. The molecule has 0 aliphatic rings. The monoisotopic (exact) mass is 317 g/mol. The van der Waals surface area contributed by atoms with E-state index in [9.17, 15) is 4.79 Å². The van der Waals surface area contributed by atoms with Crippen molar-refractivity contribution in [3.63, 3.8) is 0 Å². The Labute approximate surface area is 141 Å². The number of hydrogen-bond donors (Lipinski definition) is 1. The Kier molecular flexibility index (Phi) is 4.96. The summed E-state index contributed by atoms with van der Waals surface area (Å²) in [5.41, 5.74) is 3.63. The van der Waals surface area contributed by atoms with Gasteiger partial charge in [-0.25, -0.2) is 9.97 Å². The van der Waals surface area contributed by atoms with Crippen molar-refractivity contribution in [2.24, 2.45) is 0 Å². The predicted octanol–water partition coefficient (Wildman–Crippen LogP) is 3.23. The number of nitrogens with one attached hydrogen (secondary N) is 1. The summed E-state index contributed by atoms with van der Waals surface area (Å²) in [5.74, 6) is -0.376. The molecule has 0 radical (unpaired) electrons. The second-order valence-electron chi connectivity index (χ2n) is 5.62. The quantitative estimate of drug-likeness (QED) is 0.786. The first-order valence-electron chi connectivity index (χ1n) is 7.89. The van der Waals surface area contributed by atoms with E-state index in [0.29, 0.717) is 6.54 Å². The maximum atomic E-state index is 12.8. The van der Waals surface area contributed by atoms with Gasteiger partial charge in [-0.1, -0.05) is 60.7 Å². The zero-order chi connectivity index (χ0) is 16.8. The van der Waals surface area contributed by atoms with Crippen LogP contribution in [0.4, 0.5) is 0 Å². The summed E-state index contributed by atoms with van der Waals surface area (Å²) in [6.07, 6.45) is 1.52. The normalized spacial score (nSPS) is 10.6. The predicted molar refractivity (Wildman–Crippen MR) is 93.3 cm³/mol. The van der Waals surface area contributed by atoms with Gasteiger partial charge in [0.05, 0.1) is 18.2 Å². The lowest BCUT2D eigenvalue weighted by Gasteiger charge is -2.17. The van der Waals surface area contributed by atoms with Crippen LogP contribution in [0.3, 0.4) is 0 Å². The molecule has 0 saturated heterocycles. The van der Waals surface area contributed by atoms with Gasteiger partial charge in [-0.15, -0.1) is 0 Å². The molecule has 0 saturated carbocycles. The molecule has 120 valence electrons. The van der Waals surface area contributed by atoms with Crippen LogP contribution >= 0.6 is 0 Å². The minimum Gasteiger partial charge on any atom is -0.350 e. The molecule has 0 fully saturated rings. The Bertz CT molecular complexity index is 764. The van der Waals surface area contributed by atoms with Crippen LogP contribution in [0.5, 0.6) is 0 Å². The molecule has 0 bridgehead atoms. The van der Waals surface area contributed by atoms with Gasteiger partial charge in [-0.2, -0.15) is 0 Å². The summed E-state index contributed by atoms with van der Waals surface area (Å²) in [4.78, 5) is 21.1. The Morgan fingerprint density at radius 2 is 1.54 bits per heavy atom. The van der Waals surface area contributed by atoms with E-state index >= 15 is 0 Å². The molecular weight excluding hydrogens is 298 g/mol. The van der Waals surface area contributed by atoms with Crippen molar-refractivity contribution in [1.82, 2.24) is 15.3 Å². The number of hydrogen-bond acceptors (Lipinski definition) is 3. The number of aryl methyl sites for hydroxylation is 1. The minimum absolute atomic E-state index is 0.0383. The number of amides is 1. The molecule has 4 nitrogen and oxygen atoms in total. The van der Waals surface area contributed by atoms with Gasteiger partial charge in [-0.3, -0.25) is 4.79 Å². The van der Waals surface area contributed by atoms with Gasteiger partial charge in [-0.05, 0) is 24.1 Å².